The highest BCUT2D eigenvalue weighted by molar-refractivity contribution is 5.59. The molecule has 0 atom stereocenters. The Labute approximate surface area is 186 Å². The molecule has 5 aromatic heterocycles. The van der Waals surface area contributed by atoms with Crippen molar-refractivity contribution in [1.82, 2.24) is 39.2 Å². The van der Waals surface area contributed by atoms with E-state index >= 15 is 0 Å². The molecule has 0 amide bonds. The van der Waals surface area contributed by atoms with Crippen molar-refractivity contribution < 1.29 is 13.2 Å². The fourth-order valence-corrected chi connectivity index (χ4v) is 3.51. The number of halogens is 3. The van der Waals surface area contributed by atoms with E-state index in [9.17, 15) is 13.2 Å². The zero-order valence-corrected chi connectivity index (χ0v) is 17.3. The van der Waals surface area contributed by atoms with Gasteiger partial charge in [0, 0.05) is 43.1 Å². The number of rotatable bonds is 7. The molecule has 0 spiro atoms. The SMILES string of the molecule is FC(F)(F)CNCc1ccc2nc(Cn3cc(-c4cncc(-n5cccc5)c4)nn3)cn2c1. The number of nitrogens with zero attached hydrogens (tertiary/aromatic N) is 7. The molecule has 0 saturated heterocycles. The molecule has 0 aliphatic heterocycles. The van der Waals surface area contributed by atoms with Crippen LogP contribution in [0.5, 0.6) is 0 Å². The van der Waals surface area contributed by atoms with Gasteiger partial charge in [0.15, 0.2) is 0 Å². The Morgan fingerprint density at radius 1 is 1.00 bits per heavy atom. The first kappa shape index (κ1) is 20.9. The van der Waals surface area contributed by atoms with Crippen molar-refractivity contribution >= 4 is 5.65 Å². The van der Waals surface area contributed by atoms with Gasteiger partial charge in [-0.1, -0.05) is 11.3 Å². The minimum Gasteiger partial charge on any atom is -0.322 e. The van der Waals surface area contributed by atoms with Crippen molar-refractivity contribution in [2.24, 2.45) is 0 Å². The van der Waals surface area contributed by atoms with Gasteiger partial charge < -0.3 is 14.3 Å². The molecule has 11 heteroatoms. The van der Waals surface area contributed by atoms with Crippen molar-refractivity contribution in [3.8, 4) is 16.9 Å². The molecule has 0 radical (unpaired) electrons. The molecule has 0 aromatic carbocycles. The van der Waals surface area contributed by atoms with Crippen LogP contribution in [0.1, 0.15) is 11.3 Å². The van der Waals surface area contributed by atoms with E-state index < -0.39 is 12.7 Å². The van der Waals surface area contributed by atoms with Crippen LogP contribution in [0.15, 0.2) is 73.7 Å². The van der Waals surface area contributed by atoms with Gasteiger partial charge in [-0.15, -0.1) is 5.10 Å². The maximum Gasteiger partial charge on any atom is 0.401 e. The maximum absolute atomic E-state index is 12.3. The average molecular weight is 452 g/mol. The lowest BCUT2D eigenvalue weighted by atomic mass is 10.2. The first-order valence-corrected chi connectivity index (χ1v) is 10.2. The summed E-state index contributed by atoms with van der Waals surface area (Å²) in [6.45, 7) is -0.509. The summed E-state index contributed by atoms with van der Waals surface area (Å²) in [5.41, 5.74) is 4.65. The third-order valence-electron chi connectivity index (χ3n) is 5.00. The molecular formula is C22H19F3N8. The summed E-state index contributed by atoms with van der Waals surface area (Å²) < 4.78 is 42.4. The first-order chi connectivity index (χ1) is 15.9. The number of pyridine rings is 2. The van der Waals surface area contributed by atoms with Crippen molar-refractivity contribution in [3.05, 3.63) is 85.0 Å². The standard InChI is InChI=1S/C22H19F3N8/c23-22(24,25)15-27-8-16-3-4-21-28-18(12-32(21)11-16)13-33-14-20(29-30-33)17-7-19(10-26-9-17)31-5-1-2-6-31/h1-7,9-12,14,27H,8,13,15H2. The Morgan fingerprint density at radius 2 is 1.85 bits per heavy atom. The lowest BCUT2D eigenvalue weighted by Crippen LogP contribution is -2.28. The fraction of sp³-hybridized carbons (Fsp3) is 0.182. The quantitative estimate of drug-likeness (QED) is 0.409. The molecule has 1 N–H and O–H groups in total. The van der Waals surface area contributed by atoms with E-state index in [-0.39, 0.29) is 6.54 Å². The number of aromatic nitrogens is 7. The molecule has 0 saturated carbocycles. The average Bonchev–Trinajstić information content (AvgIpc) is 3.54. The minimum absolute atomic E-state index is 0.117. The van der Waals surface area contributed by atoms with Gasteiger partial charge in [-0.05, 0) is 29.8 Å². The Bertz CT molecular complexity index is 1370. The van der Waals surface area contributed by atoms with Crippen LogP contribution >= 0.6 is 0 Å². The maximum atomic E-state index is 12.3. The van der Waals surface area contributed by atoms with Crippen LogP contribution in [0.2, 0.25) is 0 Å². The van der Waals surface area contributed by atoms with E-state index in [1.165, 1.54) is 0 Å². The van der Waals surface area contributed by atoms with E-state index in [4.69, 9.17) is 0 Å². The second-order valence-corrected chi connectivity index (χ2v) is 7.58. The summed E-state index contributed by atoms with van der Waals surface area (Å²) >= 11 is 0. The lowest BCUT2D eigenvalue weighted by Gasteiger charge is -2.08. The summed E-state index contributed by atoms with van der Waals surface area (Å²) in [4.78, 5) is 8.86. The smallest absolute Gasteiger partial charge is 0.322 e. The molecule has 0 fully saturated rings. The molecule has 5 heterocycles. The normalized spacial score (nSPS) is 12.0. The van der Waals surface area contributed by atoms with Gasteiger partial charge in [-0.25, -0.2) is 9.67 Å². The zero-order chi connectivity index (χ0) is 22.8. The number of hydrogen-bond donors (Lipinski definition) is 1. The molecule has 5 rings (SSSR count). The molecule has 0 bridgehead atoms. The van der Waals surface area contributed by atoms with E-state index in [2.05, 4.69) is 25.6 Å². The van der Waals surface area contributed by atoms with Gasteiger partial charge in [-0.3, -0.25) is 4.98 Å². The largest absolute Gasteiger partial charge is 0.401 e. The monoisotopic (exact) mass is 452 g/mol. The molecular weight excluding hydrogens is 433 g/mol. The van der Waals surface area contributed by atoms with Crippen LogP contribution in [0, 0.1) is 0 Å². The summed E-state index contributed by atoms with van der Waals surface area (Å²) in [6, 6.07) is 9.41. The van der Waals surface area contributed by atoms with Crippen molar-refractivity contribution in [1.29, 1.82) is 0 Å². The topological polar surface area (TPSA) is 77.9 Å². The van der Waals surface area contributed by atoms with Crippen LogP contribution in [-0.2, 0) is 13.1 Å². The van der Waals surface area contributed by atoms with E-state index in [1.807, 2.05) is 47.6 Å². The predicted octanol–water partition coefficient (Wildman–Crippen LogP) is 3.48. The molecule has 33 heavy (non-hydrogen) atoms. The zero-order valence-electron chi connectivity index (χ0n) is 17.3. The van der Waals surface area contributed by atoms with Crippen LogP contribution in [0.25, 0.3) is 22.6 Å². The summed E-state index contributed by atoms with van der Waals surface area (Å²) in [6.07, 6.45) is 8.59. The fourth-order valence-electron chi connectivity index (χ4n) is 3.51. The molecule has 168 valence electrons. The highest BCUT2D eigenvalue weighted by Crippen LogP contribution is 2.19. The summed E-state index contributed by atoms with van der Waals surface area (Å²) in [5.74, 6) is 0. The minimum atomic E-state index is -4.23. The van der Waals surface area contributed by atoms with Gasteiger partial charge in [0.05, 0.1) is 36.9 Å². The molecule has 0 unspecified atom stereocenters. The first-order valence-electron chi connectivity index (χ1n) is 10.2. The van der Waals surface area contributed by atoms with Crippen LogP contribution in [-0.4, -0.2) is 46.7 Å². The predicted molar refractivity (Wildman–Crippen MR) is 115 cm³/mol. The highest BCUT2D eigenvalue weighted by Gasteiger charge is 2.26. The third-order valence-corrected chi connectivity index (χ3v) is 5.00. The number of fused-ring (bicyclic) bond motifs is 1. The van der Waals surface area contributed by atoms with Crippen LogP contribution < -0.4 is 5.32 Å². The van der Waals surface area contributed by atoms with E-state index in [0.29, 0.717) is 17.9 Å². The second-order valence-electron chi connectivity index (χ2n) is 7.58. The lowest BCUT2D eigenvalue weighted by molar-refractivity contribution is -0.125. The number of alkyl halides is 3. The van der Waals surface area contributed by atoms with Gasteiger partial charge in [-0.2, -0.15) is 13.2 Å². The summed E-state index contributed by atoms with van der Waals surface area (Å²) in [7, 11) is 0. The molecule has 8 nitrogen and oxygen atoms in total. The van der Waals surface area contributed by atoms with Crippen molar-refractivity contribution in [3.63, 3.8) is 0 Å². The number of nitrogens with one attached hydrogen (secondary N) is 1. The van der Waals surface area contributed by atoms with Gasteiger partial charge in [0.25, 0.3) is 0 Å². The number of imidazole rings is 1. The van der Waals surface area contributed by atoms with Crippen LogP contribution in [0.4, 0.5) is 13.2 Å². The molecule has 0 aliphatic rings. The van der Waals surface area contributed by atoms with E-state index in [0.717, 1.165) is 22.5 Å². The van der Waals surface area contributed by atoms with Gasteiger partial charge in [0.1, 0.15) is 11.3 Å². The highest BCUT2D eigenvalue weighted by atomic mass is 19.4. The van der Waals surface area contributed by atoms with E-state index in [1.54, 1.807) is 39.8 Å². The third kappa shape index (κ3) is 4.93. The van der Waals surface area contributed by atoms with Crippen LogP contribution in [0.3, 0.4) is 0 Å². The van der Waals surface area contributed by atoms with Gasteiger partial charge >= 0.3 is 6.18 Å². The Hall–Kier alpha value is -3.99. The Balaban J connectivity index is 1.29. The molecule has 5 aromatic rings. The second kappa shape index (κ2) is 8.51. The van der Waals surface area contributed by atoms with Crippen molar-refractivity contribution in [2.45, 2.75) is 19.3 Å². The Kier molecular flexibility index (Phi) is 5.38. The number of hydrogen-bond acceptors (Lipinski definition) is 5. The van der Waals surface area contributed by atoms with Crippen molar-refractivity contribution in [2.75, 3.05) is 6.54 Å². The molecule has 0 aliphatic carbocycles. The van der Waals surface area contributed by atoms with Gasteiger partial charge in [0.2, 0.25) is 0 Å². The Morgan fingerprint density at radius 3 is 2.67 bits per heavy atom. The summed E-state index contributed by atoms with van der Waals surface area (Å²) in [5, 5.41) is 10.8.